The molecule has 1 N–H and O–H groups in total. The third-order valence-corrected chi connectivity index (χ3v) is 3.83. The van der Waals surface area contributed by atoms with E-state index in [9.17, 15) is 9.59 Å². The zero-order valence-corrected chi connectivity index (χ0v) is 12.5. The van der Waals surface area contributed by atoms with Crippen LogP contribution in [0.4, 0.5) is 0 Å². The number of thioether (sulfide) groups is 1. The molecule has 1 fully saturated rings. The number of aryl methyl sites for hydroxylation is 1. The number of nitrogens with zero attached hydrogens (tertiary/aromatic N) is 2. The lowest BCUT2D eigenvalue weighted by molar-refractivity contribution is -0.141. The Morgan fingerprint density at radius 3 is 3.05 bits per heavy atom. The molecule has 0 radical (unpaired) electrons. The van der Waals surface area contributed by atoms with E-state index in [0.29, 0.717) is 5.17 Å². The quantitative estimate of drug-likeness (QED) is 0.519. The largest absolute Gasteiger partial charge is 0.469 e. The number of methoxy groups -OCH3 is 1. The molecule has 0 aliphatic carbocycles. The lowest BCUT2D eigenvalue weighted by atomic mass is 10.2. The highest BCUT2D eigenvalue weighted by molar-refractivity contribution is 8.15. The number of amidine groups is 1. The van der Waals surface area contributed by atoms with Crippen molar-refractivity contribution < 1.29 is 14.3 Å². The van der Waals surface area contributed by atoms with Crippen LogP contribution in [-0.2, 0) is 14.3 Å². The predicted octanol–water partition coefficient (Wildman–Crippen LogP) is 1.48. The van der Waals surface area contributed by atoms with Gasteiger partial charge in [0.05, 0.1) is 19.7 Å². The summed E-state index contributed by atoms with van der Waals surface area (Å²) in [5.74, 6) is -0.679. The fourth-order valence-electron chi connectivity index (χ4n) is 1.72. The molecule has 0 aromatic heterocycles. The highest BCUT2D eigenvalue weighted by Crippen LogP contribution is 2.22. The summed E-state index contributed by atoms with van der Waals surface area (Å²) in [6, 6.07) is 7.82. The molecule has 0 spiro atoms. The van der Waals surface area contributed by atoms with Crippen molar-refractivity contribution >= 4 is 35.0 Å². The van der Waals surface area contributed by atoms with E-state index in [0.717, 1.165) is 11.1 Å². The molecular weight excluding hydrogens is 290 g/mol. The van der Waals surface area contributed by atoms with E-state index in [1.807, 2.05) is 31.2 Å². The number of hydrogen-bond acceptors (Lipinski definition) is 6. The Morgan fingerprint density at radius 2 is 2.33 bits per heavy atom. The van der Waals surface area contributed by atoms with Gasteiger partial charge in [0.25, 0.3) is 0 Å². The van der Waals surface area contributed by atoms with Gasteiger partial charge in [-0.3, -0.25) is 9.59 Å². The first-order chi connectivity index (χ1) is 10.1. The monoisotopic (exact) mass is 305 g/mol. The molecule has 0 saturated carbocycles. The minimum atomic E-state index is -0.509. The minimum Gasteiger partial charge on any atom is -0.469 e. The molecule has 7 heteroatoms. The van der Waals surface area contributed by atoms with E-state index in [1.54, 1.807) is 6.21 Å². The van der Waals surface area contributed by atoms with Crippen molar-refractivity contribution in [2.45, 2.75) is 18.6 Å². The van der Waals surface area contributed by atoms with Crippen molar-refractivity contribution in [2.75, 3.05) is 7.11 Å². The van der Waals surface area contributed by atoms with Crippen molar-refractivity contribution in [1.82, 2.24) is 5.32 Å². The number of carbonyl (C=O) groups is 2. The summed E-state index contributed by atoms with van der Waals surface area (Å²) in [6.07, 6.45) is 1.63. The molecule has 110 valence electrons. The molecule has 1 heterocycles. The first-order valence-corrected chi connectivity index (χ1v) is 7.18. The zero-order chi connectivity index (χ0) is 15.2. The molecule has 1 saturated heterocycles. The third-order valence-electron chi connectivity index (χ3n) is 2.75. The van der Waals surface area contributed by atoms with Gasteiger partial charge >= 0.3 is 5.97 Å². The third kappa shape index (κ3) is 4.42. The van der Waals surface area contributed by atoms with Gasteiger partial charge in [0.2, 0.25) is 5.91 Å². The molecule has 1 aromatic carbocycles. The Hall–Kier alpha value is -2.15. The van der Waals surface area contributed by atoms with Crippen LogP contribution in [0.1, 0.15) is 17.5 Å². The number of amides is 1. The van der Waals surface area contributed by atoms with Crippen LogP contribution in [0.5, 0.6) is 0 Å². The zero-order valence-electron chi connectivity index (χ0n) is 11.7. The lowest BCUT2D eigenvalue weighted by Gasteiger charge is -2.01. The number of rotatable bonds is 4. The van der Waals surface area contributed by atoms with Crippen LogP contribution in [0.15, 0.2) is 34.5 Å². The smallest absolute Gasteiger partial charge is 0.307 e. The van der Waals surface area contributed by atoms with Crippen molar-refractivity contribution in [1.29, 1.82) is 0 Å². The van der Waals surface area contributed by atoms with Gasteiger partial charge in [-0.15, -0.1) is 5.10 Å². The standard InChI is InChI=1S/C14H15N3O3S/c1-9-4-3-5-10(6-9)8-15-17-14-16-13(19)11(21-14)7-12(18)20-2/h3-6,8,11H,7H2,1-2H3,(H,16,17,19)/b15-8+. The van der Waals surface area contributed by atoms with Gasteiger partial charge in [0.1, 0.15) is 5.25 Å². The molecule has 1 amide bonds. The first-order valence-electron chi connectivity index (χ1n) is 6.30. The lowest BCUT2D eigenvalue weighted by Crippen LogP contribution is -2.26. The summed E-state index contributed by atoms with van der Waals surface area (Å²) < 4.78 is 4.54. The Kier molecular flexibility index (Phi) is 5.10. The van der Waals surface area contributed by atoms with E-state index < -0.39 is 11.2 Å². The topological polar surface area (TPSA) is 80.1 Å². The first kappa shape index (κ1) is 15.2. The molecule has 2 rings (SSSR count). The average Bonchev–Trinajstić information content (AvgIpc) is 2.79. The van der Waals surface area contributed by atoms with E-state index >= 15 is 0 Å². The normalized spacial score (nSPS) is 20.0. The maximum atomic E-state index is 11.6. The van der Waals surface area contributed by atoms with Crippen LogP contribution in [0.3, 0.4) is 0 Å². The minimum absolute atomic E-state index is 0.0214. The molecule has 1 aliphatic heterocycles. The fourth-order valence-corrected chi connectivity index (χ4v) is 2.63. The van der Waals surface area contributed by atoms with Gasteiger partial charge in [-0.1, -0.05) is 41.6 Å². The van der Waals surface area contributed by atoms with Crippen molar-refractivity contribution in [3.8, 4) is 0 Å². The van der Waals surface area contributed by atoms with Gasteiger partial charge < -0.3 is 10.1 Å². The Labute approximate surface area is 126 Å². The highest BCUT2D eigenvalue weighted by atomic mass is 32.2. The molecule has 21 heavy (non-hydrogen) atoms. The molecule has 6 nitrogen and oxygen atoms in total. The van der Waals surface area contributed by atoms with Gasteiger partial charge in [0, 0.05) is 0 Å². The summed E-state index contributed by atoms with van der Waals surface area (Å²) >= 11 is 1.18. The van der Waals surface area contributed by atoms with Crippen LogP contribution < -0.4 is 5.32 Å². The molecular formula is C14H15N3O3S. The fraction of sp³-hybridized carbons (Fsp3) is 0.286. The van der Waals surface area contributed by atoms with E-state index in [4.69, 9.17) is 0 Å². The van der Waals surface area contributed by atoms with Crippen LogP contribution in [0.2, 0.25) is 0 Å². The van der Waals surface area contributed by atoms with Crippen molar-refractivity contribution in [3.05, 3.63) is 35.4 Å². The number of nitrogens with one attached hydrogen (secondary N) is 1. The second-order valence-electron chi connectivity index (χ2n) is 4.44. The average molecular weight is 305 g/mol. The van der Waals surface area contributed by atoms with Crippen LogP contribution >= 0.6 is 11.8 Å². The summed E-state index contributed by atoms with van der Waals surface area (Å²) in [6.45, 7) is 1.99. The molecule has 1 atom stereocenters. The van der Waals surface area contributed by atoms with Gasteiger partial charge in [-0.2, -0.15) is 5.10 Å². The van der Waals surface area contributed by atoms with Gasteiger partial charge in [-0.25, -0.2) is 0 Å². The van der Waals surface area contributed by atoms with Crippen LogP contribution in [0, 0.1) is 6.92 Å². The SMILES string of the molecule is COC(=O)CC1S/C(=N/N=C/c2cccc(C)c2)NC1=O. The summed E-state index contributed by atoms with van der Waals surface area (Å²) in [5, 5.41) is 10.4. The maximum absolute atomic E-state index is 11.6. The Balaban J connectivity index is 1.97. The number of ether oxygens (including phenoxy) is 1. The second kappa shape index (κ2) is 7.03. The Bertz CT molecular complexity index is 613. The number of benzene rings is 1. The molecule has 1 aromatic rings. The molecule has 1 unspecified atom stereocenters. The van der Waals surface area contributed by atoms with E-state index in [2.05, 4.69) is 20.3 Å². The number of esters is 1. The van der Waals surface area contributed by atoms with Crippen molar-refractivity contribution in [3.63, 3.8) is 0 Å². The molecule has 1 aliphatic rings. The van der Waals surface area contributed by atoms with Crippen LogP contribution in [-0.4, -0.2) is 35.6 Å². The molecule has 0 bridgehead atoms. The van der Waals surface area contributed by atoms with E-state index in [-0.39, 0.29) is 12.3 Å². The maximum Gasteiger partial charge on any atom is 0.307 e. The van der Waals surface area contributed by atoms with Gasteiger partial charge in [0.15, 0.2) is 5.17 Å². The Morgan fingerprint density at radius 1 is 1.52 bits per heavy atom. The second-order valence-corrected chi connectivity index (χ2v) is 5.63. The highest BCUT2D eigenvalue weighted by Gasteiger charge is 2.32. The summed E-state index contributed by atoms with van der Waals surface area (Å²) in [5.41, 5.74) is 2.06. The van der Waals surface area contributed by atoms with E-state index in [1.165, 1.54) is 18.9 Å². The summed E-state index contributed by atoms with van der Waals surface area (Å²) in [7, 11) is 1.29. The van der Waals surface area contributed by atoms with Crippen LogP contribution in [0.25, 0.3) is 0 Å². The summed E-state index contributed by atoms with van der Waals surface area (Å²) in [4.78, 5) is 22.8. The number of carbonyl (C=O) groups excluding carboxylic acids is 2. The van der Waals surface area contributed by atoms with Gasteiger partial charge in [-0.05, 0) is 12.5 Å². The van der Waals surface area contributed by atoms with Crippen molar-refractivity contribution in [2.24, 2.45) is 10.2 Å². The number of hydrogen-bond donors (Lipinski definition) is 1. The predicted molar refractivity (Wildman–Crippen MR) is 82.4 cm³/mol.